The Morgan fingerprint density at radius 2 is 1.80 bits per heavy atom. The number of carbonyl (C=O) groups excluding carboxylic acids is 1. The maximum Gasteiger partial charge on any atom is 0.306 e. The van der Waals surface area contributed by atoms with Crippen LogP contribution >= 0.6 is 0 Å². The maximum absolute atomic E-state index is 11.3. The van der Waals surface area contributed by atoms with Crippen LogP contribution in [0.25, 0.3) is 0 Å². The lowest BCUT2D eigenvalue weighted by Gasteiger charge is -2.35. The van der Waals surface area contributed by atoms with Crippen LogP contribution in [0, 0.1) is 5.41 Å². The fraction of sp³-hybridized carbons (Fsp3) is 0.818. The van der Waals surface area contributed by atoms with Gasteiger partial charge in [-0.15, -0.1) is 0 Å². The highest BCUT2D eigenvalue weighted by Gasteiger charge is 2.36. The molecule has 1 aliphatic rings. The van der Waals surface area contributed by atoms with Gasteiger partial charge in [0.05, 0.1) is 20.0 Å². The second-order valence-corrected chi connectivity index (χ2v) is 4.38. The Bertz CT molecular complexity index is 241. The molecule has 0 aromatic rings. The van der Waals surface area contributed by atoms with Crippen LogP contribution in [0.5, 0.6) is 0 Å². The van der Waals surface area contributed by atoms with E-state index in [2.05, 4.69) is 4.74 Å². The Labute approximate surface area is 89.6 Å². The molecule has 1 fully saturated rings. The van der Waals surface area contributed by atoms with Gasteiger partial charge in [-0.3, -0.25) is 9.59 Å². The number of hydrogen-bond acceptors (Lipinski definition) is 3. The van der Waals surface area contributed by atoms with Crippen LogP contribution in [0.4, 0.5) is 0 Å². The predicted octanol–water partition coefficient (Wildman–Crippen LogP) is 1.97. The Hall–Kier alpha value is -1.06. The first-order valence-electron chi connectivity index (χ1n) is 5.37. The summed E-state index contributed by atoms with van der Waals surface area (Å²) in [6.07, 6.45) is 5.16. The molecule has 0 amide bonds. The second-order valence-electron chi connectivity index (χ2n) is 4.38. The predicted molar refractivity (Wildman–Crippen MR) is 54.4 cm³/mol. The molecule has 0 bridgehead atoms. The van der Waals surface area contributed by atoms with Crippen LogP contribution in [-0.4, -0.2) is 24.2 Å². The van der Waals surface area contributed by atoms with Crippen molar-refractivity contribution in [2.75, 3.05) is 7.11 Å². The van der Waals surface area contributed by atoms with Crippen LogP contribution in [0.15, 0.2) is 0 Å². The lowest BCUT2D eigenvalue weighted by molar-refractivity contribution is -0.147. The summed E-state index contributed by atoms with van der Waals surface area (Å²) in [7, 11) is 1.35. The summed E-state index contributed by atoms with van der Waals surface area (Å²) in [4.78, 5) is 22.0. The molecule has 4 nitrogen and oxygen atoms in total. The molecule has 0 spiro atoms. The summed E-state index contributed by atoms with van der Waals surface area (Å²) in [5.41, 5.74) is -0.350. The van der Waals surface area contributed by atoms with E-state index in [0.29, 0.717) is 0 Å². The highest BCUT2D eigenvalue weighted by Crippen LogP contribution is 2.42. The summed E-state index contributed by atoms with van der Waals surface area (Å²) in [6.45, 7) is 0. The smallest absolute Gasteiger partial charge is 0.306 e. The van der Waals surface area contributed by atoms with Gasteiger partial charge in [0.2, 0.25) is 0 Å². The zero-order chi connectivity index (χ0) is 11.3. The monoisotopic (exact) mass is 214 g/mol. The van der Waals surface area contributed by atoms with E-state index in [1.165, 1.54) is 7.11 Å². The Morgan fingerprint density at radius 1 is 1.20 bits per heavy atom. The Morgan fingerprint density at radius 3 is 2.27 bits per heavy atom. The van der Waals surface area contributed by atoms with E-state index in [4.69, 9.17) is 5.11 Å². The number of hydrogen-bond donors (Lipinski definition) is 1. The molecule has 0 unspecified atom stereocenters. The van der Waals surface area contributed by atoms with E-state index in [1.54, 1.807) is 0 Å². The summed E-state index contributed by atoms with van der Waals surface area (Å²) >= 11 is 0. The summed E-state index contributed by atoms with van der Waals surface area (Å²) in [6, 6.07) is 0. The van der Waals surface area contributed by atoms with E-state index >= 15 is 0 Å². The second kappa shape index (κ2) is 5.14. The fourth-order valence-corrected chi connectivity index (χ4v) is 2.42. The largest absolute Gasteiger partial charge is 0.481 e. The van der Waals surface area contributed by atoms with Gasteiger partial charge in [0, 0.05) is 0 Å². The van der Waals surface area contributed by atoms with Crippen LogP contribution in [-0.2, 0) is 14.3 Å². The standard InChI is InChI=1S/C11H18O4/c1-15-10(14)8-11(7-9(12)13)5-3-2-4-6-11/h2-8H2,1H3,(H,12,13). The van der Waals surface area contributed by atoms with Gasteiger partial charge in [-0.2, -0.15) is 0 Å². The minimum Gasteiger partial charge on any atom is -0.481 e. The van der Waals surface area contributed by atoms with Crippen molar-refractivity contribution < 1.29 is 19.4 Å². The number of aliphatic carboxylic acids is 1. The molecule has 0 aliphatic heterocycles. The molecule has 86 valence electrons. The number of rotatable bonds is 4. The molecular formula is C11H18O4. The van der Waals surface area contributed by atoms with Gasteiger partial charge in [-0.25, -0.2) is 0 Å². The van der Waals surface area contributed by atoms with Crippen molar-refractivity contribution >= 4 is 11.9 Å². The van der Waals surface area contributed by atoms with Gasteiger partial charge < -0.3 is 9.84 Å². The third kappa shape index (κ3) is 3.53. The molecule has 1 rings (SSSR count). The average molecular weight is 214 g/mol. The molecule has 0 atom stereocenters. The van der Waals surface area contributed by atoms with Crippen LogP contribution in [0.2, 0.25) is 0 Å². The van der Waals surface area contributed by atoms with Crippen molar-refractivity contribution in [3.05, 3.63) is 0 Å². The fourth-order valence-electron chi connectivity index (χ4n) is 2.42. The van der Waals surface area contributed by atoms with Gasteiger partial charge in [-0.1, -0.05) is 19.3 Å². The van der Waals surface area contributed by atoms with Crippen molar-refractivity contribution in [3.8, 4) is 0 Å². The van der Waals surface area contributed by atoms with E-state index in [9.17, 15) is 9.59 Å². The SMILES string of the molecule is COC(=O)CC1(CC(=O)O)CCCCC1. The number of carbonyl (C=O) groups is 2. The molecule has 1 aliphatic carbocycles. The van der Waals surface area contributed by atoms with Crippen molar-refractivity contribution in [1.82, 2.24) is 0 Å². The van der Waals surface area contributed by atoms with Gasteiger partial charge in [0.1, 0.15) is 0 Å². The zero-order valence-corrected chi connectivity index (χ0v) is 9.12. The van der Waals surface area contributed by atoms with E-state index in [-0.39, 0.29) is 24.2 Å². The van der Waals surface area contributed by atoms with Crippen LogP contribution in [0.1, 0.15) is 44.9 Å². The van der Waals surface area contributed by atoms with Gasteiger partial charge in [0.15, 0.2) is 0 Å². The van der Waals surface area contributed by atoms with Gasteiger partial charge in [0.25, 0.3) is 0 Å². The number of ether oxygens (including phenoxy) is 1. The third-order valence-electron chi connectivity index (χ3n) is 3.19. The topological polar surface area (TPSA) is 63.6 Å². The normalized spacial score (nSPS) is 19.5. The summed E-state index contributed by atoms with van der Waals surface area (Å²) in [5, 5.41) is 8.86. The molecule has 0 saturated heterocycles. The Kier molecular flexibility index (Phi) is 4.12. The molecule has 0 aromatic heterocycles. The molecule has 0 heterocycles. The molecule has 1 saturated carbocycles. The minimum atomic E-state index is -0.819. The molecule has 4 heteroatoms. The number of carboxylic acid groups (broad SMARTS) is 1. The Balaban J connectivity index is 2.65. The molecule has 0 aromatic carbocycles. The van der Waals surface area contributed by atoms with Crippen LogP contribution < -0.4 is 0 Å². The van der Waals surface area contributed by atoms with Crippen molar-refractivity contribution in [2.24, 2.45) is 5.41 Å². The van der Waals surface area contributed by atoms with E-state index in [1.807, 2.05) is 0 Å². The number of carboxylic acids is 1. The van der Waals surface area contributed by atoms with Crippen LogP contribution in [0.3, 0.4) is 0 Å². The molecule has 1 N–H and O–H groups in total. The number of methoxy groups -OCH3 is 1. The molecular weight excluding hydrogens is 196 g/mol. The highest BCUT2D eigenvalue weighted by atomic mass is 16.5. The first-order chi connectivity index (χ1) is 7.08. The lowest BCUT2D eigenvalue weighted by Crippen LogP contribution is -2.30. The molecule has 0 radical (unpaired) electrons. The zero-order valence-electron chi connectivity index (χ0n) is 9.12. The first kappa shape index (κ1) is 12.0. The van der Waals surface area contributed by atoms with Crippen molar-refractivity contribution in [1.29, 1.82) is 0 Å². The first-order valence-corrected chi connectivity index (χ1v) is 5.37. The van der Waals surface area contributed by atoms with E-state index < -0.39 is 5.97 Å². The van der Waals surface area contributed by atoms with E-state index in [0.717, 1.165) is 32.1 Å². The minimum absolute atomic E-state index is 0.0854. The highest BCUT2D eigenvalue weighted by molar-refractivity contribution is 5.73. The maximum atomic E-state index is 11.3. The summed E-state index contributed by atoms with van der Waals surface area (Å²) in [5.74, 6) is -1.11. The average Bonchev–Trinajstić information content (AvgIpc) is 2.17. The molecule has 15 heavy (non-hydrogen) atoms. The quantitative estimate of drug-likeness (QED) is 0.727. The number of esters is 1. The lowest BCUT2D eigenvalue weighted by atomic mass is 9.70. The van der Waals surface area contributed by atoms with Crippen molar-refractivity contribution in [2.45, 2.75) is 44.9 Å². The van der Waals surface area contributed by atoms with Crippen molar-refractivity contribution in [3.63, 3.8) is 0 Å². The van der Waals surface area contributed by atoms with Gasteiger partial charge >= 0.3 is 11.9 Å². The third-order valence-corrected chi connectivity index (χ3v) is 3.19. The van der Waals surface area contributed by atoms with Gasteiger partial charge in [-0.05, 0) is 18.3 Å². The summed E-state index contributed by atoms with van der Waals surface area (Å²) < 4.78 is 4.63.